The summed E-state index contributed by atoms with van der Waals surface area (Å²) < 4.78 is 1.12. The molecule has 26 heavy (non-hydrogen) atoms. The lowest BCUT2D eigenvalue weighted by molar-refractivity contribution is 0.601. The van der Waals surface area contributed by atoms with Crippen LogP contribution in [0.1, 0.15) is 12.0 Å². The first-order valence-electron chi connectivity index (χ1n) is 8.79. The standard InChI is InChI=1S/C20H25BrN4.HI/c21-18-7-4-8-19(13-18)25-12-10-17(15-25)14-24-20(22)23-11-9-16-5-2-1-3-6-16;/h1-8,13,17H,9-12,14-15H2,(H3,22,23,24);1H. The lowest BCUT2D eigenvalue weighted by atomic mass is 10.1. The van der Waals surface area contributed by atoms with Crippen LogP contribution in [0.2, 0.25) is 0 Å². The summed E-state index contributed by atoms with van der Waals surface area (Å²) in [4.78, 5) is 6.95. The summed E-state index contributed by atoms with van der Waals surface area (Å²) in [7, 11) is 0. The second-order valence-electron chi connectivity index (χ2n) is 6.47. The Labute approximate surface area is 181 Å². The minimum absolute atomic E-state index is 0. The van der Waals surface area contributed by atoms with E-state index in [9.17, 15) is 0 Å². The van der Waals surface area contributed by atoms with Crippen molar-refractivity contribution in [2.45, 2.75) is 12.8 Å². The molecule has 1 aliphatic rings. The molecule has 0 radical (unpaired) electrons. The predicted octanol–water partition coefficient (Wildman–Crippen LogP) is 4.04. The van der Waals surface area contributed by atoms with Crippen LogP contribution >= 0.6 is 39.9 Å². The molecule has 1 aliphatic heterocycles. The van der Waals surface area contributed by atoms with Gasteiger partial charge in [0.25, 0.3) is 0 Å². The quantitative estimate of drug-likeness (QED) is 0.338. The molecule has 4 nitrogen and oxygen atoms in total. The van der Waals surface area contributed by atoms with Crippen LogP contribution < -0.4 is 16.0 Å². The summed E-state index contributed by atoms with van der Waals surface area (Å²) in [5.41, 5.74) is 8.58. The van der Waals surface area contributed by atoms with Gasteiger partial charge in [-0.3, -0.25) is 4.99 Å². The largest absolute Gasteiger partial charge is 0.371 e. The third kappa shape index (κ3) is 6.46. The van der Waals surface area contributed by atoms with Gasteiger partial charge in [0, 0.05) is 36.3 Å². The number of nitrogens with two attached hydrogens (primary N) is 1. The number of nitrogens with one attached hydrogen (secondary N) is 1. The smallest absolute Gasteiger partial charge is 0.188 e. The number of aliphatic imine (C=N–C) groups is 1. The second-order valence-corrected chi connectivity index (χ2v) is 7.38. The Morgan fingerprint density at radius 3 is 2.77 bits per heavy atom. The maximum Gasteiger partial charge on any atom is 0.188 e. The highest BCUT2D eigenvalue weighted by Crippen LogP contribution is 2.26. The van der Waals surface area contributed by atoms with Crippen LogP contribution in [-0.2, 0) is 6.42 Å². The van der Waals surface area contributed by atoms with Crippen molar-refractivity contribution in [2.75, 3.05) is 31.1 Å². The molecule has 0 bridgehead atoms. The lowest BCUT2D eigenvalue weighted by Gasteiger charge is -2.18. The molecule has 6 heteroatoms. The highest BCUT2D eigenvalue weighted by atomic mass is 127. The van der Waals surface area contributed by atoms with Gasteiger partial charge >= 0.3 is 0 Å². The van der Waals surface area contributed by atoms with Gasteiger partial charge < -0.3 is 16.0 Å². The molecule has 2 aromatic rings. The number of benzene rings is 2. The minimum atomic E-state index is 0. The molecule has 0 saturated carbocycles. The number of halogens is 2. The van der Waals surface area contributed by atoms with Crippen LogP contribution in [0.4, 0.5) is 5.69 Å². The van der Waals surface area contributed by atoms with E-state index >= 15 is 0 Å². The Hall–Kier alpha value is -1.28. The molecule has 3 rings (SSSR count). The van der Waals surface area contributed by atoms with E-state index in [4.69, 9.17) is 5.73 Å². The third-order valence-corrected chi connectivity index (χ3v) is 5.03. The summed E-state index contributed by atoms with van der Waals surface area (Å²) in [6, 6.07) is 18.9. The highest BCUT2D eigenvalue weighted by molar-refractivity contribution is 14.0. The predicted molar refractivity (Wildman–Crippen MR) is 125 cm³/mol. The molecule has 140 valence electrons. The van der Waals surface area contributed by atoms with Crippen LogP contribution in [0.5, 0.6) is 0 Å². The van der Waals surface area contributed by atoms with Gasteiger partial charge in [-0.15, -0.1) is 24.0 Å². The maximum atomic E-state index is 6.00. The van der Waals surface area contributed by atoms with E-state index < -0.39 is 0 Å². The van der Waals surface area contributed by atoms with Crippen molar-refractivity contribution in [3.63, 3.8) is 0 Å². The van der Waals surface area contributed by atoms with Gasteiger partial charge in [-0.25, -0.2) is 0 Å². The van der Waals surface area contributed by atoms with Crippen LogP contribution in [0.15, 0.2) is 64.1 Å². The fourth-order valence-electron chi connectivity index (χ4n) is 3.15. The lowest BCUT2D eigenvalue weighted by Crippen LogP contribution is -2.34. The first-order valence-corrected chi connectivity index (χ1v) is 9.58. The monoisotopic (exact) mass is 528 g/mol. The number of hydrogen-bond donors (Lipinski definition) is 2. The molecule has 1 atom stereocenters. The van der Waals surface area contributed by atoms with Crippen molar-refractivity contribution in [1.29, 1.82) is 0 Å². The topological polar surface area (TPSA) is 53.6 Å². The normalized spacial score (nSPS) is 17.0. The molecule has 1 unspecified atom stereocenters. The van der Waals surface area contributed by atoms with Crippen molar-refractivity contribution >= 4 is 51.6 Å². The molecule has 0 aromatic heterocycles. The van der Waals surface area contributed by atoms with E-state index in [0.717, 1.165) is 43.5 Å². The molecule has 0 spiro atoms. The average molecular weight is 529 g/mol. The molecular weight excluding hydrogens is 503 g/mol. The maximum absolute atomic E-state index is 6.00. The van der Waals surface area contributed by atoms with Crippen molar-refractivity contribution in [3.05, 3.63) is 64.6 Å². The van der Waals surface area contributed by atoms with E-state index in [1.165, 1.54) is 11.3 Å². The average Bonchev–Trinajstić information content (AvgIpc) is 3.10. The van der Waals surface area contributed by atoms with Crippen molar-refractivity contribution in [2.24, 2.45) is 16.6 Å². The number of nitrogens with zero attached hydrogens (tertiary/aromatic N) is 2. The zero-order valence-electron chi connectivity index (χ0n) is 14.8. The Morgan fingerprint density at radius 2 is 2.00 bits per heavy atom. The Balaban J connectivity index is 0.00000243. The zero-order chi connectivity index (χ0) is 17.5. The minimum Gasteiger partial charge on any atom is -0.371 e. The molecule has 0 amide bonds. The van der Waals surface area contributed by atoms with E-state index in [0.29, 0.717) is 11.9 Å². The zero-order valence-corrected chi connectivity index (χ0v) is 18.7. The third-order valence-electron chi connectivity index (χ3n) is 4.54. The summed E-state index contributed by atoms with van der Waals surface area (Å²) in [5.74, 6) is 1.12. The SMILES string of the molecule is I.NC(=NCC1CCN(c2cccc(Br)c2)C1)NCCc1ccccc1. The highest BCUT2D eigenvalue weighted by Gasteiger charge is 2.22. The van der Waals surface area contributed by atoms with E-state index in [-0.39, 0.29) is 24.0 Å². The second kappa shape index (κ2) is 10.8. The van der Waals surface area contributed by atoms with Crippen LogP contribution in [0.3, 0.4) is 0 Å². The number of rotatable bonds is 6. The number of guanidine groups is 1. The molecular formula is C20H26BrIN4. The van der Waals surface area contributed by atoms with E-state index in [1.807, 2.05) is 6.07 Å². The van der Waals surface area contributed by atoms with Crippen molar-refractivity contribution in [3.8, 4) is 0 Å². The van der Waals surface area contributed by atoms with E-state index in [1.54, 1.807) is 0 Å². The van der Waals surface area contributed by atoms with Crippen LogP contribution in [0, 0.1) is 5.92 Å². The number of hydrogen-bond acceptors (Lipinski definition) is 2. The van der Waals surface area contributed by atoms with Gasteiger partial charge in [-0.1, -0.05) is 52.3 Å². The van der Waals surface area contributed by atoms with Gasteiger partial charge in [-0.05, 0) is 42.5 Å². The Morgan fingerprint density at radius 1 is 1.19 bits per heavy atom. The number of anilines is 1. The van der Waals surface area contributed by atoms with E-state index in [2.05, 4.69) is 79.7 Å². The van der Waals surface area contributed by atoms with Gasteiger partial charge in [0.15, 0.2) is 5.96 Å². The molecule has 1 heterocycles. The first-order chi connectivity index (χ1) is 12.2. The molecule has 2 aromatic carbocycles. The van der Waals surface area contributed by atoms with Gasteiger partial charge in [0.2, 0.25) is 0 Å². The van der Waals surface area contributed by atoms with Gasteiger partial charge in [0.05, 0.1) is 0 Å². The molecule has 3 N–H and O–H groups in total. The van der Waals surface area contributed by atoms with Gasteiger partial charge in [0.1, 0.15) is 0 Å². The Bertz CT molecular complexity index is 708. The van der Waals surface area contributed by atoms with Gasteiger partial charge in [-0.2, -0.15) is 0 Å². The first kappa shape index (κ1) is 21.0. The Kier molecular flexibility index (Phi) is 8.71. The van der Waals surface area contributed by atoms with Crippen LogP contribution in [-0.4, -0.2) is 32.1 Å². The molecule has 0 aliphatic carbocycles. The fourth-order valence-corrected chi connectivity index (χ4v) is 3.54. The van der Waals surface area contributed by atoms with Crippen LogP contribution in [0.25, 0.3) is 0 Å². The van der Waals surface area contributed by atoms with Crippen molar-refractivity contribution in [1.82, 2.24) is 5.32 Å². The summed E-state index contributed by atoms with van der Waals surface area (Å²) >= 11 is 3.54. The summed E-state index contributed by atoms with van der Waals surface area (Å²) in [5, 5.41) is 3.21. The molecule has 1 saturated heterocycles. The fraction of sp³-hybridized carbons (Fsp3) is 0.350. The van der Waals surface area contributed by atoms with Crippen molar-refractivity contribution < 1.29 is 0 Å². The summed E-state index contributed by atoms with van der Waals surface area (Å²) in [6.07, 6.45) is 2.12. The molecule has 1 fully saturated rings. The summed E-state index contributed by atoms with van der Waals surface area (Å²) in [6.45, 7) is 3.72.